The van der Waals surface area contributed by atoms with E-state index in [1.165, 1.54) is 35.2 Å². The monoisotopic (exact) mass is 611 g/mol. The lowest BCUT2D eigenvalue weighted by Gasteiger charge is -2.34. The van der Waals surface area contributed by atoms with Crippen LogP contribution in [0.1, 0.15) is 56.1 Å². The van der Waals surface area contributed by atoms with Crippen LogP contribution in [-0.2, 0) is 32.6 Å². The van der Waals surface area contributed by atoms with Crippen molar-refractivity contribution in [3.05, 3.63) is 102 Å². The van der Waals surface area contributed by atoms with Crippen LogP contribution in [0, 0.1) is 11.6 Å². The van der Waals surface area contributed by atoms with Gasteiger partial charge in [0.25, 0.3) is 0 Å². The second kappa shape index (κ2) is 15.1. The third-order valence-corrected chi connectivity index (χ3v) is 8.94. The van der Waals surface area contributed by atoms with Crippen LogP contribution in [0.15, 0.2) is 78.9 Å². The highest BCUT2D eigenvalue weighted by atomic mass is 32.2. The summed E-state index contributed by atoms with van der Waals surface area (Å²) in [5.41, 5.74) is 1.45. The molecule has 0 saturated heterocycles. The molecule has 0 spiro atoms. The number of amides is 2. The van der Waals surface area contributed by atoms with Gasteiger partial charge in [0.2, 0.25) is 21.8 Å². The van der Waals surface area contributed by atoms with E-state index in [9.17, 15) is 26.8 Å². The quantitative estimate of drug-likeness (QED) is 0.273. The number of para-hydroxylation sites is 1. The summed E-state index contributed by atoms with van der Waals surface area (Å²) < 4.78 is 54.2. The zero-order chi connectivity index (χ0) is 30.8. The van der Waals surface area contributed by atoms with E-state index in [2.05, 4.69) is 5.32 Å². The zero-order valence-corrected chi connectivity index (χ0v) is 25.2. The first-order chi connectivity index (χ1) is 20.6. The summed E-state index contributed by atoms with van der Waals surface area (Å²) >= 11 is 0. The molecule has 7 nitrogen and oxygen atoms in total. The van der Waals surface area contributed by atoms with Gasteiger partial charge in [0.05, 0.1) is 11.9 Å². The first-order valence-electron chi connectivity index (χ1n) is 14.7. The Hall–Kier alpha value is -3.79. The lowest BCUT2D eigenvalue weighted by Crippen LogP contribution is -2.53. The summed E-state index contributed by atoms with van der Waals surface area (Å²) in [5, 5.41) is 3.17. The molecule has 2 amide bonds. The number of hydrogen-bond donors (Lipinski definition) is 1. The van der Waals surface area contributed by atoms with E-state index in [4.69, 9.17) is 0 Å². The number of benzene rings is 3. The number of nitrogens with zero attached hydrogens (tertiary/aromatic N) is 2. The highest BCUT2D eigenvalue weighted by Crippen LogP contribution is 2.23. The molecule has 4 rings (SSSR count). The minimum atomic E-state index is -3.83. The third kappa shape index (κ3) is 9.35. The van der Waals surface area contributed by atoms with Crippen molar-refractivity contribution in [3.8, 4) is 0 Å². The van der Waals surface area contributed by atoms with Crippen LogP contribution >= 0.6 is 0 Å². The second-order valence-electron chi connectivity index (χ2n) is 11.1. The van der Waals surface area contributed by atoms with Crippen LogP contribution in [0.5, 0.6) is 0 Å². The molecule has 1 aliphatic carbocycles. The van der Waals surface area contributed by atoms with Crippen molar-refractivity contribution in [2.75, 3.05) is 17.1 Å². The van der Waals surface area contributed by atoms with Crippen LogP contribution < -0.4 is 9.62 Å². The van der Waals surface area contributed by atoms with E-state index < -0.39 is 27.7 Å². The maximum Gasteiger partial charge on any atom is 0.243 e. The fraction of sp³-hybridized carbons (Fsp3) is 0.394. The summed E-state index contributed by atoms with van der Waals surface area (Å²) in [6, 6.07) is 20.0. The number of sulfonamides is 1. The Morgan fingerprint density at radius 1 is 0.884 bits per heavy atom. The molecule has 1 saturated carbocycles. The molecule has 0 unspecified atom stereocenters. The summed E-state index contributed by atoms with van der Waals surface area (Å²) in [6.07, 6.45) is 6.25. The van der Waals surface area contributed by atoms with Crippen LogP contribution in [0.25, 0.3) is 0 Å². The second-order valence-corrected chi connectivity index (χ2v) is 13.0. The molecule has 0 aromatic heterocycles. The Morgan fingerprint density at radius 3 is 2.19 bits per heavy atom. The highest BCUT2D eigenvalue weighted by molar-refractivity contribution is 7.92. The standard InChI is InChI=1S/C33H39F2N3O4S/c1-43(41,42)38(30-16-9-8-15-29(30)35)22-10-17-32(39)37(24-26-18-20-27(34)21-19-26)31(23-25-11-4-2-5-12-25)33(40)36-28-13-6-3-7-14-28/h2,4-5,8-9,11-12,15-16,18-21,28,31H,3,6-7,10,13-14,17,22-24H2,1H3,(H,36,40)/t31-/m0/s1. The van der Waals surface area contributed by atoms with Gasteiger partial charge in [0.1, 0.15) is 17.7 Å². The highest BCUT2D eigenvalue weighted by Gasteiger charge is 2.32. The van der Waals surface area contributed by atoms with Gasteiger partial charge in [0.15, 0.2) is 0 Å². The van der Waals surface area contributed by atoms with E-state index in [1.807, 2.05) is 30.3 Å². The normalized spacial score (nSPS) is 14.6. The molecule has 0 heterocycles. The first kappa shape index (κ1) is 32.1. The van der Waals surface area contributed by atoms with Gasteiger partial charge in [-0.3, -0.25) is 13.9 Å². The van der Waals surface area contributed by atoms with Crippen molar-refractivity contribution < 1.29 is 26.8 Å². The Bertz CT molecular complexity index is 1460. The topological polar surface area (TPSA) is 86.8 Å². The van der Waals surface area contributed by atoms with Crippen molar-refractivity contribution in [2.24, 2.45) is 0 Å². The van der Waals surface area contributed by atoms with Crippen molar-refractivity contribution in [3.63, 3.8) is 0 Å². The van der Waals surface area contributed by atoms with Gasteiger partial charge in [-0.15, -0.1) is 0 Å². The molecule has 3 aromatic rings. The van der Waals surface area contributed by atoms with Crippen molar-refractivity contribution in [2.45, 2.75) is 70.0 Å². The molecule has 0 radical (unpaired) electrons. The van der Waals surface area contributed by atoms with Gasteiger partial charge < -0.3 is 10.2 Å². The number of halogens is 2. The molecule has 0 bridgehead atoms. The Morgan fingerprint density at radius 2 is 1.53 bits per heavy atom. The minimum absolute atomic E-state index is 0.0337. The van der Waals surface area contributed by atoms with Crippen LogP contribution in [0.3, 0.4) is 0 Å². The molecular weight excluding hydrogens is 572 g/mol. The first-order valence-corrected chi connectivity index (χ1v) is 16.6. The number of carbonyl (C=O) groups is 2. The summed E-state index contributed by atoms with van der Waals surface area (Å²) in [5.74, 6) is -1.70. The number of anilines is 1. The van der Waals surface area contributed by atoms with E-state index >= 15 is 0 Å². The molecule has 1 atom stereocenters. The average Bonchev–Trinajstić information content (AvgIpc) is 2.99. The Kier molecular flexibility index (Phi) is 11.3. The minimum Gasteiger partial charge on any atom is -0.352 e. The Balaban J connectivity index is 1.59. The third-order valence-electron chi connectivity index (χ3n) is 7.76. The molecule has 1 aliphatic rings. The molecule has 43 heavy (non-hydrogen) atoms. The number of hydrogen-bond acceptors (Lipinski definition) is 4. The Labute approximate surface area is 252 Å². The van der Waals surface area contributed by atoms with Gasteiger partial charge in [-0.25, -0.2) is 17.2 Å². The smallest absolute Gasteiger partial charge is 0.243 e. The molecular formula is C33H39F2N3O4S. The zero-order valence-electron chi connectivity index (χ0n) is 24.4. The fourth-order valence-electron chi connectivity index (χ4n) is 5.52. The molecule has 10 heteroatoms. The van der Waals surface area contributed by atoms with E-state index in [0.29, 0.717) is 5.56 Å². The van der Waals surface area contributed by atoms with E-state index in [1.54, 1.807) is 18.2 Å². The van der Waals surface area contributed by atoms with E-state index in [0.717, 1.165) is 48.2 Å². The van der Waals surface area contributed by atoms with Gasteiger partial charge in [0, 0.05) is 32.0 Å². The van der Waals surface area contributed by atoms with Crippen molar-refractivity contribution in [1.29, 1.82) is 0 Å². The van der Waals surface area contributed by atoms with E-state index in [-0.39, 0.29) is 55.9 Å². The lowest BCUT2D eigenvalue weighted by atomic mass is 9.94. The van der Waals surface area contributed by atoms with Crippen molar-refractivity contribution in [1.82, 2.24) is 10.2 Å². The largest absolute Gasteiger partial charge is 0.352 e. The average molecular weight is 612 g/mol. The predicted molar refractivity (Wildman–Crippen MR) is 164 cm³/mol. The number of rotatable bonds is 13. The summed E-state index contributed by atoms with van der Waals surface area (Å²) in [4.78, 5) is 29.3. The van der Waals surface area contributed by atoms with Crippen LogP contribution in [0.2, 0.25) is 0 Å². The van der Waals surface area contributed by atoms with Crippen LogP contribution in [-0.4, -0.2) is 50.0 Å². The molecule has 230 valence electrons. The maximum atomic E-state index is 14.5. The maximum absolute atomic E-state index is 14.5. The van der Waals surface area contributed by atoms with Gasteiger partial charge in [-0.1, -0.05) is 73.9 Å². The summed E-state index contributed by atoms with van der Waals surface area (Å²) in [6.45, 7) is -0.0503. The van der Waals surface area contributed by atoms with Gasteiger partial charge >= 0.3 is 0 Å². The fourth-order valence-corrected chi connectivity index (χ4v) is 6.49. The molecule has 1 N–H and O–H groups in total. The van der Waals surface area contributed by atoms with Crippen LogP contribution in [0.4, 0.5) is 14.5 Å². The van der Waals surface area contributed by atoms with Crippen molar-refractivity contribution >= 4 is 27.5 Å². The van der Waals surface area contributed by atoms with Gasteiger partial charge in [-0.05, 0) is 54.7 Å². The molecule has 1 fully saturated rings. The predicted octanol–water partition coefficient (Wildman–Crippen LogP) is 5.60. The SMILES string of the molecule is CS(=O)(=O)N(CCCC(=O)N(Cc1ccc(F)cc1)[C@@H](Cc1ccccc1)C(=O)NC1CCCCC1)c1ccccc1F. The number of carbonyl (C=O) groups excluding carboxylic acids is 2. The summed E-state index contributed by atoms with van der Waals surface area (Å²) in [7, 11) is -3.83. The number of nitrogens with one attached hydrogen (secondary N) is 1. The lowest BCUT2D eigenvalue weighted by molar-refractivity contribution is -0.141. The molecule has 3 aromatic carbocycles. The molecule has 0 aliphatic heterocycles. The van der Waals surface area contributed by atoms with Gasteiger partial charge in [-0.2, -0.15) is 0 Å².